The van der Waals surface area contributed by atoms with Crippen LogP contribution in [0.4, 0.5) is 5.69 Å². The summed E-state index contributed by atoms with van der Waals surface area (Å²) >= 11 is 0. The molecule has 0 aliphatic carbocycles. The summed E-state index contributed by atoms with van der Waals surface area (Å²) in [6.07, 6.45) is 11.4. The molecule has 36 heavy (non-hydrogen) atoms. The van der Waals surface area contributed by atoms with Gasteiger partial charge in [-0.25, -0.2) is 9.97 Å². The minimum atomic E-state index is -0.619. The normalized spacial score (nSPS) is 12.3. The summed E-state index contributed by atoms with van der Waals surface area (Å²) in [5.41, 5.74) is 7.00. The third-order valence-corrected chi connectivity index (χ3v) is 5.94. The summed E-state index contributed by atoms with van der Waals surface area (Å²) in [5.74, 6) is 0.608. The molecule has 0 amide bonds. The Hall–Kier alpha value is -4.70. The van der Waals surface area contributed by atoms with Gasteiger partial charge in [-0.05, 0) is 30.7 Å². The first-order valence-electron chi connectivity index (χ1n) is 11.7. The molecule has 178 valence electrons. The SMILES string of the molecule is CCCC(O)Nc1cncc(-c2cnc3[nH]nc(-c4nc5c(-c6ccccn6)cncc5[nH]4)c3c2)c1. The van der Waals surface area contributed by atoms with Crippen molar-refractivity contribution in [1.82, 2.24) is 40.1 Å². The number of anilines is 1. The van der Waals surface area contributed by atoms with E-state index in [2.05, 4.69) is 40.4 Å². The number of hydrogen-bond donors (Lipinski definition) is 4. The van der Waals surface area contributed by atoms with Gasteiger partial charge in [0.2, 0.25) is 0 Å². The van der Waals surface area contributed by atoms with Crippen LogP contribution >= 0.6 is 0 Å². The second-order valence-electron chi connectivity index (χ2n) is 8.49. The van der Waals surface area contributed by atoms with Gasteiger partial charge in [-0.15, -0.1) is 0 Å². The molecule has 6 aromatic rings. The summed E-state index contributed by atoms with van der Waals surface area (Å²) < 4.78 is 0. The van der Waals surface area contributed by atoms with Crippen LogP contribution in [0.15, 0.2) is 67.5 Å². The van der Waals surface area contributed by atoms with E-state index in [0.29, 0.717) is 23.6 Å². The molecule has 4 N–H and O–H groups in total. The lowest BCUT2D eigenvalue weighted by Gasteiger charge is -2.13. The van der Waals surface area contributed by atoms with Crippen molar-refractivity contribution in [3.63, 3.8) is 0 Å². The molecule has 0 aromatic carbocycles. The van der Waals surface area contributed by atoms with Crippen molar-refractivity contribution < 1.29 is 5.11 Å². The van der Waals surface area contributed by atoms with Crippen LogP contribution in [0.2, 0.25) is 0 Å². The maximum absolute atomic E-state index is 10.1. The van der Waals surface area contributed by atoms with Gasteiger partial charge in [0.15, 0.2) is 11.5 Å². The Morgan fingerprint density at radius 1 is 1.00 bits per heavy atom. The molecular weight excluding hydrogens is 454 g/mol. The van der Waals surface area contributed by atoms with Gasteiger partial charge in [-0.1, -0.05) is 19.4 Å². The predicted octanol–water partition coefficient (Wildman–Crippen LogP) is 4.55. The van der Waals surface area contributed by atoms with Gasteiger partial charge in [0.05, 0.1) is 34.7 Å². The van der Waals surface area contributed by atoms with E-state index in [9.17, 15) is 5.11 Å². The average Bonchev–Trinajstić information content (AvgIpc) is 3.53. The lowest BCUT2D eigenvalue weighted by Crippen LogP contribution is -2.18. The van der Waals surface area contributed by atoms with Crippen molar-refractivity contribution >= 4 is 27.8 Å². The van der Waals surface area contributed by atoms with Crippen LogP contribution in [0, 0.1) is 0 Å². The molecule has 1 atom stereocenters. The van der Waals surface area contributed by atoms with Crippen molar-refractivity contribution in [3.05, 3.63) is 67.5 Å². The average molecular weight is 478 g/mol. The molecule has 0 aliphatic heterocycles. The van der Waals surface area contributed by atoms with E-state index in [-0.39, 0.29) is 0 Å². The van der Waals surface area contributed by atoms with Crippen molar-refractivity contribution in [2.75, 3.05) is 5.32 Å². The highest BCUT2D eigenvalue weighted by Crippen LogP contribution is 2.31. The number of aliphatic hydroxyl groups excluding tert-OH is 1. The van der Waals surface area contributed by atoms with Gasteiger partial charge in [0.1, 0.15) is 17.4 Å². The van der Waals surface area contributed by atoms with Crippen LogP contribution in [0.25, 0.3) is 56.0 Å². The first-order valence-corrected chi connectivity index (χ1v) is 11.7. The van der Waals surface area contributed by atoms with E-state index in [4.69, 9.17) is 4.98 Å². The first kappa shape index (κ1) is 21.8. The zero-order valence-corrected chi connectivity index (χ0v) is 19.5. The Balaban J connectivity index is 1.40. The number of nitrogens with zero attached hydrogens (tertiary/aromatic N) is 6. The zero-order valence-electron chi connectivity index (χ0n) is 19.5. The first-order chi connectivity index (χ1) is 17.7. The van der Waals surface area contributed by atoms with Gasteiger partial charge >= 0.3 is 0 Å². The Morgan fingerprint density at radius 2 is 1.89 bits per heavy atom. The van der Waals surface area contributed by atoms with E-state index < -0.39 is 6.23 Å². The van der Waals surface area contributed by atoms with Crippen molar-refractivity contribution in [2.24, 2.45) is 0 Å². The number of rotatable bonds is 7. The maximum atomic E-state index is 10.1. The molecule has 0 bridgehead atoms. The van der Waals surface area contributed by atoms with Crippen LogP contribution in [0.1, 0.15) is 19.8 Å². The highest BCUT2D eigenvalue weighted by atomic mass is 16.3. The van der Waals surface area contributed by atoms with E-state index in [0.717, 1.165) is 50.9 Å². The molecule has 0 spiro atoms. The second-order valence-corrected chi connectivity index (χ2v) is 8.49. The molecule has 0 saturated carbocycles. The molecular formula is C26H23N9O. The highest BCUT2D eigenvalue weighted by Gasteiger charge is 2.17. The van der Waals surface area contributed by atoms with Gasteiger partial charge < -0.3 is 15.4 Å². The van der Waals surface area contributed by atoms with Crippen LogP contribution < -0.4 is 5.32 Å². The molecule has 0 radical (unpaired) electrons. The number of aromatic nitrogens is 8. The van der Waals surface area contributed by atoms with Crippen LogP contribution in [0.3, 0.4) is 0 Å². The fraction of sp³-hybridized carbons (Fsp3) is 0.154. The number of hydrogen-bond acceptors (Lipinski definition) is 8. The van der Waals surface area contributed by atoms with Gasteiger partial charge in [-0.3, -0.25) is 20.1 Å². The fourth-order valence-corrected chi connectivity index (χ4v) is 4.21. The largest absolute Gasteiger partial charge is 0.374 e. The molecule has 10 heteroatoms. The smallest absolute Gasteiger partial charge is 0.159 e. The van der Waals surface area contributed by atoms with Crippen LogP contribution in [-0.4, -0.2) is 51.4 Å². The summed E-state index contributed by atoms with van der Waals surface area (Å²) in [4.78, 5) is 25.9. The number of pyridine rings is 4. The molecule has 6 aromatic heterocycles. The lowest BCUT2D eigenvalue weighted by atomic mass is 10.1. The number of H-pyrrole nitrogens is 2. The Labute approximate surface area is 205 Å². The number of aromatic amines is 2. The molecule has 0 fully saturated rings. The van der Waals surface area contributed by atoms with Crippen LogP contribution in [-0.2, 0) is 0 Å². The molecule has 10 nitrogen and oxygen atoms in total. The zero-order chi connectivity index (χ0) is 24.5. The van der Waals surface area contributed by atoms with Crippen molar-refractivity contribution in [1.29, 1.82) is 0 Å². The van der Waals surface area contributed by atoms with E-state index >= 15 is 0 Å². The van der Waals surface area contributed by atoms with Gasteiger partial charge in [-0.2, -0.15) is 5.10 Å². The molecule has 6 rings (SSSR count). The number of fused-ring (bicyclic) bond motifs is 2. The Bertz CT molecular complexity index is 1660. The maximum Gasteiger partial charge on any atom is 0.159 e. The molecule has 1 unspecified atom stereocenters. The Kier molecular flexibility index (Phi) is 5.55. The molecule has 6 heterocycles. The summed E-state index contributed by atoms with van der Waals surface area (Å²) in [7, 11) is 0. The third-order valence-electron chi connectivity index (χ3n) is 5.94. The highest BCUT2D eigenvalue weighted by molar-refractivity contribution is 5.96. The second kappa shape index (κ2) is 9.16. The monoisotopic (exact) mass is 477 g/mol. The fourth-order valence-electron chi connectivity index (χ4n) is 4.21. The molecule has 0 saturated heterocycles. The minimum Gasteiger partial charge on any atom is -0.374 e. The van der Waals surface area contributed by atoms with Crippen LogP contribution in [0.5, 0.6) is 0 Å². The summed E-state index contributed by atoms with van der Waals surface area (Å²) in [5, 5.41) is 21.5. The number of aliphatic hydroxyl groups is 1. The lowest BCUT2D eigenvalue weighted by molar-refractivity contribution is 0.192. The number of nitrogens with one attached hydrogen (secondary N) is 3. The van der Waals surface area contributed by atoms with Crippen molar-refractivity contribution in [2.45, 2.75) is 26.0 Å². The molecule has 0 aliphatic rings. The van der Waals surface area contributed by atoms with E-state index in [1.807, 2.05) is 37.3 Å². The quantitative estimate of drug-likeness (QED) is 0.245. The standard InChI is InChI=1S/C26H23N9O/c1-2-5-22(36)31-17-8-15(10-27-12-17)16-9-18-24(34-35-25(18)30-11-16)26-32-21-14-28-13-19(23(21)33-26)20-6-3-4-7-29-20/h3-4,6-14,22,31,36H,2,5H2,1H3,(H,32,33)(H,30,34,35). The topological polar surface area (TPSA) is 141 Å². The van der Waals surface area contributed by atoms with Crippen molar-refractivity contribution in [3.8, 4) is 33.9 Å². The third kappa shape index (κ3) is 4.03. The predicted molar refractivity (Wildman–Crippen MR) is 138 cm³/mol. The van der Waals surface area contributed by atoms with Gasteiger partial charge in [0, 0.05) is 41.5 Å². The summed E-state index contributed by atoms with van der Waals surface area (Å²) in [6.45, 7) is 2.03. The summed E-state index contributed by atoms with van der Waals surface area (Å²) in [6, 6.07) is 9.70. The Morgan fingerprint density at radius 3 is 2.75 bits per heavy atom. The van der Waals surface area contributed by atoms with Gasteiger partial charge in [0.25, 0.3) is 0 Å². The van der Waals surface area contributed by atoms with E-state index in [1.54, 1.807) is 37.2 Å². The number of imidazole rings is 1. The minimum absolute atomic E-state index is 0.608. The van der Waals surface area contributed by atoms with E-state index in [1.165, 1.54) is 0 Å².